The Hall–Kier alpha value is 0.240. The molecule has 0 saturated carbocycles. The molecular weight excluding hydrogens is 150 g/mol. The first-order valence-corrected chi connectivity index (χ1v) is 4.99. The van der Waals surface area contributed by atoms with Crippen LogP contribution in [0.25, 0.3) is 0 Å². The van der Waals surface area contributed by atoms with Crippen LogP contribution in [0.1, 0.15) is 6.92 Å². The van der Waals surface area contributed by atoms with Gasteiger partial charge in [-0.25, -0.2) is 0 Å². The van der Waals surface area contributed by atoms with Crippen molar-refractivity contribution in [3.63, 3.8) is 0 Å². The standard InChI is InChI=1S/C6H11NS2/c1-3-8-6-7(2)4-5-9-6/h4-6H,3H2,1-2H3. The van der Waals surface area contributed by atoms with E-state index in [0.717, 1.165) is 0 Å². The van der Waals surface area contributed by atoms with Crippen molar-refractivity contribution < 1.29 is 0 Å². The van der Waals surface area contributed by atoms with E-state index in [9.17, 15) is 0 Å². The monoisotopic (exact) mass is 161 g/mol. The fourth-order valence-corrected chi connectivity index (χ4v) is 2.83. The van der Waals surface area contributed by atoms with Crippen molar-refractivity contribution in [3.8, 4) is 0 Å². The van der Waals surface area contributed by atoms with E-state index in [4.69, 9.17) is 0 Å². The van der Waals surface area contributed by atoms with Crippen LogP contribution >= 0.6 is 23.5 Å². The summed E-state index contributed by atoms with van der Waals surface area (Å²) in [6.07, 6.45) is 2.12. The third-order valence-electron chi connectivity index (χ3n) is 1.13. The van der Waals surface area contributed by atoms with E-state index in [1.165, 1.54) is 5.75 Å². The molecule has 1 rings (SSSR count). The summed E-state index contributed by atoms with van der Waals surface area (Å²) < 4.78 is 0.634. The lowest BCUT2D eigenvalue weighted by molar-refractivity contribution is 0.524. The van der Waals surface area contributed by atoms with Crippen molar-refractivity contribution >= 4 is 23.5 Å². The van der Waals surface area contributed by atoms with Crippen molar-refractivity contribution in [2.24, 2.45) is 0 Å². The Morgan fingerprint density at radius 2 is 2.56 bits per heavy atom. The van der Waals surface area contributed by atoms with Gasteiger partial charge in [0.2, 0.25) is 0 Å². The first-order chi connectivity index (χ1) is 4.34. The average Bonchev–Trinajstić information content (AvgIpc) is 2.18. The van der Waals surface area contributed by atoms with Crippen molar-refractivity contribution in [1.82, 2.24) is 4.90 Å². The topological polar surface area (TPSA) is 3.24 Å². The van der Waals surface area contributed by atoms with Gasteiger partial charge in [0.15, 0.2) is 0 Å². The van der Waals surface area contributed by atoms with Crippen LogP contribution in [0.3, 0.4) is 0 Å². The molecule has 0 aromatic carbocycles. The van der Waals surface area contributed by atoms with Crippen LogP contribution in [0.5, 0.6) is 0 Å². The molecule has 1 atom stereocenters. The maximum Gasteiger partial charge on any atom is 0.125 e. The molecule has 0 saturated heterocycles. The lowest BCUT2D eigenvalue weighted by atomic mass is 10.9. The maximum atomic E-state index is 2.23. The Morgan fingerprint density at radius 1 is 1.78 bits per heavy atom. The second-order valence-electron chi connectivity index (χ2n) is 1.85. The van der Waals surface area contributed by atoms with Crippen LogP contribution in [-0.4, -0.2) is 22.4 Å². The highest BCUT2D eigenvalue weighted by Crippen LogP contribution is 2.31. The maximum absolute atomic E-state index is 2.23. The molecule has 0 aromatic rings. The summed E-state index contributed by atoms with van der Waals surface area (Å²) in [6.45, 7) is 2.19. The van der Waals surface area contributed by atoms with Gasteiger partial charge in [-0.2, -0.15) is 0 Å². The molecule has 0 aromatic heterocycles. The third kappa shape index (κ3) is 1.83. The summed E-state index contributed by atoms with van der Waals surface area (Å²) in [5.74, 6) is 1.20. The van der Waals surface area contributed by atoms with E-state index >= 15 is 0 Å². The molecule has 9 heavy (non-hydrogen) atoms. The first-order valence-electron chi connectivity index (χ1n) is 3.00. The van der Waals surface area contributed by atoms with Crippen LogP contribution in [0, 0.1) is 0 Å². The van der Waals surface area contributed by atoms with Gasteiger partial charge in [0, 0.05) is 13.2 Å². The minimum absolute atomic E-state index is 0.634. The third-order valence-corrected chi connectivity index (χ3v) is 3.67. The van der Waals surface area contributed by atoms with Crippen molar-refractivity contribution in [3.05, 3.63) is 11.6 Å². The summed E-state index contributed by atoms with van der Waals surface area (Å²) in [7, 11) is 2.11. The number of nitrogens with zero attached hydrogens (tertiary/aromatic N) is 1. The SMILES string of the molecule is CCSC1SC=CN1C. The van der Waals surface area contributed by atoms with E-state index in [1.807, 2.05) is 23.5 Å². The fourth-order valence-electron chi connectivity index (χ4n) is 0.664. The van der Waals surface area contributed by atoms with Crippen molar-refractivity contribution in [2.75, 3.05) is 12.8 Å². The lowest BCUT2D eigenvalue weighted by Gasteiger charge is -2.17. The smallest absolute Gasteiger partial charge is 0.125 e. The molecule has 3 heteroatoms. The molecule has 1 aliphatic rings. The molecule has 0 spiro atoms. The molecule has 1 aliphatic heterocycles. The van der Waals surface area contributed by atoms with Crippen molar-refractivity contribution in [2.45, 2.75) is 11.6 Å². The zero-order valence-corrected chi connectivity index (χ0v) is 7.34. The van der Waals surface area contributed by atoms with E-state index in [2.05, 4.69) is 30.5 Å². The molecule has 1 heterocycles. The predicted octanol–water partition coefficient (Wildman–Crippen LogP) is 2.17. The van der Waals surface area contributed by atoms with Crippen LogP contribution in [-0.2, 0) is 0 Å². The minimum atomic E-state index is 0.634. The lowest BCUT2D eigenvalue weighted by Crippen LogP contribution is -2.15. The minimum Gasteiger partial charge on any atom is -0.359 e. The highest BCUT2D eigenvalue weighted by molar-refractivity contribution is 8.18. The van der Waals surface area contributed by atoms with Crippen molar-refractivity contribution in [1.29, 1.82) is 0 Å². The van der Waals surface area contributed by atoms with Gasteiger partial charge in [0.1, 0.15) is 4.71 Å². The van der Waals surface area contributed by atoms with Gasteiger partial charge < -0.3 is 4.90 Å². The fraction of sp³-hybridized carbons (Fsp3) is 0.667. The van der Waals surface area contributed by atoms with Gasteiger partial charge in [-0.15, -0.1) is 11.8 Å². The van der Waals surface area contributed by atoms with E-state index in [1.54, 1.807) is 0 Å². The number of thioether (sulfide) groups is 2. The molecular formula is C6H11NS2. The van der Waals surface area contributed by atoms with Crippen LogP contribution < -0.4 is 0 Å². The molecule has 0 bridgehead atoms. The summed E-state index contributed by atoms with van der Waals surface area (Å²) >= 11 is 3.86. The molecule has 1 unspecified atom stereocenters. The van der Waals surface area contributed by atoms with Gasteiger partial charge in [-0.05, 0) is 11.2 Å². The largest absolute Gasteiger partial charge is 0.359 e. The van der Waals surface area contributed by atoms with E-state index < -0.39 is 0 Å². The van der Waals surface area contributed by atoms with E-state index in [-0.39, 0.29) is 0 Å². The molecule has 1 nitrogen and oxygen atoms in total. The van der Waals surface area contributed by atoms with E-state index in [0.29, 0.717) is 4.71 Å². The Bertz CT molecular complexity index is 114. The second kappa shape index (κ2) is 3.42. The highest BCUT2D eigenvalue weighted by Gasteiger charge is 2.14. The summed E-state index contributed by atoms with van der Waals surface area (Å²) in [4.78, 5) is 2.23. The Kier molecular flexibility index (Phi) is 2.79. The van der Waals surface area contributed by atoms with Gasteiger partial charge >= 0.3 is 0 Å². The molecule has 52 valence electrons. The van der Waals surface area contributed by atoms with Gasteiger partial charge in [-0.1, -0.05) is 18.7 Å². The van der Waals surface area contributed by atoms with Crippen LogP contribution in [0.4, 0.5) is 0 Å². The Balaban J connectivity index is 2.28. The Labute approximate surface area is 64.9 Å². The second-order valence-corrected chi connectivity index (χ2v) is 4.50. The molecule has 0 radical (unpaired) electrons. The summed E-state index contributed by atoms with van der Waals surface area (Å²) in [6, 6.07) is 0. The quantitative estimate of drug-likeness (QED) is 0.611. The van der Waals surface area contributed by atoms with Gasteiger partial charge in [-0.3, -0.25) is 0 Å². The van der Waals surface area contributed by atoms with Gasteiger partial charge in [0.25, 0.3) is 0 Å². The number of hydrogen-bond donors (Lipinski definition) is 0. The van der Waals surface area contributed by atoms with Crippen LogP contribution in [0.2, 0.25) is 0 Å². The number of rotatable bonds is 2. The average molecular weight is 161 g/mol. The summed E-state index contributed by atoms with van der Waals surface area (Å²) in [5.41, 5.74) is 0. The zero-order valence-electron chi connectivity index (χ0n) is 5.70. The molecule has 0 N–H and O–H groups in total. The molecule has 0 amide bonds. The predicted molar refractivity (Wildman–Crippen MR) is 46.4 cm³/mol. The van der Waals surface area contributed by atoms with Crippen LogP contribution in [0.15, 0.2) is 11.6 Å². The summed E-state index contributed by atoms with van der Waals surface area (Å²) in [5, 5.41) is 2.15. The number of hydrogen-bond acceptors (Lipinski definition) is 3. The first kappa shape index (κ1) is 7.35. The molecule has 0 fully saturated rings. The Morgan fingerprint density at radius 3 is 3.00 bits per heavy atom. The normalized spacial score (nSPS) is 25.6. The highest BCUT2D eigenvalue weighted by atomic mass is 32.2. The van der Waals surface area contributed by atoms with Gasteiger partial charge in [0.05, 0.1) is 0 Å². The zero-order chi connectivity index (χ0) is 6.69. The molecule has 0 aliphatic carbocycles.